The van der Waals surface area contributed by atoms with Gasteiger partial charge in [-0.25, -0.2) is 0 Å². The van der Waals surface area contributed by atoms with Crippen LogP contribution in [0.25, 0.3) is 0 Å². The van der Waals surface area contributed by atoms with Gasteiger partial charge in [0.05, 0.1) is 0 Å². The molecule has 2 rings (SSSR count). The molecule has 0 saturated heterocycles. The Kier molecular flexibility index (Phi) is 4.05. The molecule has 1 unspecified atom stereocenters. The molecule has 6 heteroatoms. The molecule has 5 N–H and O–H groups in total. The number of carbonyl (C=O) groups is 2. The molecule has 1 atom stereocenters. The SMILES string of the molecule is CC(Nc1cc(C(N)=O)cc(C(N)=O)c1)c1ccsc1. The van der Waals surface area contributed by atoms with E-state index >= 15 is 0 Å². The van der Waals surface area contributed by atoms with Gasteiger partial charge in [0.15, 0.2) is 0 Å². The number of benzene rings is 1. The summed E-state index contributed by atoms with van der Waals surface area (Å²) in [6.07, 6.45) is 0. The van der Waals surface area contributed by atoms with E-state index < -0.39 is 11.8 Å². The number of hydrogen-bond acceptors (Lipinski definition) is 4. The highest BCUT2D eigenvalue weighted by atomic mass is 32.1. The van der Waals surface area contributed by atoms with Crippen molar-refractivity contribution >= 4 is 28.8 Å². The fourth-order valence-corrected chi connectivity index (χ4v) is 2.60. The fraction of sp³-hybridized carbons (Fsp3) is 0.143. The molecule has 5 nitrogen and oxygen atoms in total. The van der Waals surface area contributed by atoms with Gasteiger partial charge in [0.1, 0.15) is 0 Å². The molecule has 1 aromatic carbocycles. The highest BCUT2D eigenvalue weighted by Crippen LogP contribution is 2.23. The molecule has 1 heterocycles. The smallest absolute Gasteiger partial charge is 0.248 e. The summed E-state index contributed by atoms with van der Waals surface area (Å²) >= 11 is 1.61. The van der Waals surface area contributed by atoms with Crippen LogP contribution in [0.5, 0.6) is 0 Å². The number of hydrogen-bond donors (Lipinski definition) is 3. The third-order valence-corrected chi connectivity index (χ3v) is 3.63. The van der Waals surface area contributed by atoms with E-state index in [1.165, 1.54) is 6.07 Å². The number of primary amides is 2. The van der Waals surface area contributed by atoms with E-state index in [0.29, 0.717) is 5.69 Å². The zero-order valence-corrected chi connectivity index (χ0v) is 11.7. The van der Waals surface area contributed by atoms with Crippen LogP contribution in [-0.4, -0.2) is 11.8 Å². The summed E-state index contributed by atoms with van der Waals surface area (Å²) < 4.78 is 0. The average molecular weight is 289 g/mol. The molecular weight excluding hydrogens is 274 g/mol. The quantitative estimate of drug-likeness (QED) is 0.786. The van der Waals surface area contributed by atoms with Gasteiger partial charge in [-0.05, 0) is 47.5 Å². The van der Waals surface area contributed by atoms with Gasteiger partial charge in [-0.1, -0.05) is 0 Å². The molecule has 0 aliphatic carbocycles. The lowest BCUT2D eigenvalue weighted by Crippen LogP contribution is -2.17. The fourth-order valence-electron chi connectivity index (χ4n) is 1.85. The average Bonchev–Trinajstić information content (AvgIpc) is 2.92. The van der Waals surface area contributed by atoms with Crippen molar-refractivity contribution in [3.05, 3.63) is 51.7 Å². The third kappa shape index (κ3) is 3.16. The van der Waals surface area contributed by atoms with Gasteiger partial charge in [-0.3, -0.25) is 9.59 Å². The second kappa shape index (κ2) is 5.75. The normalized spacial score (nSPS) is 11.8. The number of rotatable bonds is 5. The van der Waals surface area contributed by atoms with Gasteiger partial charge in [0.25, 0.3) is 0 Å². The molecule has 104 valence electrons. The van der Waals surface area contributed by atoms with Crippen molar-refractivity contribution in [3.8, 4) is 0 Å². The van der Waals surface area contributed by atoms with Crippen LogP contribution in [-0.2, 0) is 0 Å². The third-order valence-electron chi connectivity index (χ3n) is 2.93. The summed E-state index contributed by atoms with van der Waals surface area (Å²) in [6.45, 7) is 1.99. The maximum Gasteiger partial charge on any atom is 0.248 e. The number of thiophene rings is 1. The van der Waals surface area contributed by atoms with Crippen LogP contribution in [0.4, 0.5) is 5.69 Å². The number of anilines is 1. The van der Waals surface area contributed by atoms with Gasteiger partial charge < -0.3 is 16.8 Å². The van der Waals surface area contributed by atoms with Gasteiger partial charge >= 0.3 is 0 Å². The van der Waals surface area contributed by atoms with Crippen molar-refractivity contribution < 1.29 is 9.59 Å². The predicted molar refractivity (Wildman–Crippen MR) is 79.8 cm³/mol. The standard InChI is InChI=1S/C14H15N3O2S/c1-8(9-2-3-20-7-9)17-12-5-10(13(15)18)4-11(6-12)14(16)19/h2-8,17H,1H3,(H2,15,18)(H2,16,19). The molecule has 0 aliphatic heterocycles. The second-order valence-corrected chi connectivity index (χ2v) is 5.23. The minimum atomic E-state index is -0.598. The Morgan fingerprint density at radius 1 is 1.15 bits per heavy atom. The van der Waals surface area contributed by atoms with E-state index in [9.17, 15) is 9.59 Å². The molecule has 0 spiro atoms. The minimum Gasteiger partial charge on any atom is -0.378 e. The molecule has 0 aliphatic rings. The van der Waals surface area contributed by atoms with Crippen LogP contribution in [0.2, 0.25) is 0 Å². The van der Waals surface area contributed by atoms with E-state index in [2.05, 4.69) is 5.32 Å². The van der Waals surface area contributed by atoms with E-state index in [0.717, 1.165) is 5.56 Å². The topological polar surface area (TPSA) is 98.2 Å². The second-order valence-electron chi connectivity index (χ2n) is 4.45. The van der Waals surface area contributed by atoms with Crippen molar-refractivity contribution in [2.24, 2.45) is 11.5 Å². The van der Waals surface area contributed by atoms with Crippen molar-refractivity contribution in [3.63, 3.8) is 0 Å². The van der Waals surface area contributed by atoms with Gasteiger partial charge in [0.2, 0.25) is 11.8 Å². The lowest BCUT2D eigenvalue weighted by atomic mass is 10.1. The monoisotopic (exact) mass is 289 g/mol. The van der Waals surface area contributed by atoms with Gasteiger partial charge in [-0.2, -0.15) is 11.3 Å². The Hall–Kier alpha value is -2.34. The summed E-state index contributed by atoms with van der Waals surface area (Å²) in [4.78, 5) is 22.6. The van der Waals surface area contributed by atoms with E-state index in [4.69, 9.17) is 11.5 Å². The first kappa shape index (κ1) is 14.1. The number of amides is 2. The first-order chi connectivity index (χ1) is 9.47. The molecular formula is C14H15N3O2S. The number of nitrogens with two attached hydrogens (primary N) is 2. The Morgan fingerprint density at radius 3 is 2.20 bits per heavy atom. The highest BCUT2D eigenvalue weighted by Gasteiger charge is 2.11. The summed E-state index contributed by atoms with van der Waals surface area (Å²) in [5, 5.41) is 7.25. The molecule has 2 aromatic rings. The van der Waals surface area contributed by atoms with Crippen LogP contribution < -0.4 is 16.8 Å². The Balaban J connectivity index is 2.31. The molecule has 0 radical (unpaired) electrons. The lowest BCUT2D eigenvalue weighted by molar-refractivity contribution is 0.0999. The van der Waals surface area contributed by atoms with E-state index in [1.54, 1.807) is 23.5 Å². The molecule has 1 aromatic heterocycles. The zero-order valence-electron chi connectivity index (χ0n) is 10.9. The Morgan fingerprint density at radius 2 is 1.75 bits per heavy atom. The maximum atomic E-state index is 11.3. The Bertz CT molecular complexity index is 606. The minimum absolute atomic E-state index is 0.0464. The van der Waals surface area contributed by atoms with Crippen LogP contribution in [0, 0.1) is 0 Å². The summed E-state index contributed by atoms with van der Waals surface area (Å²) in [6, 6.07) is 6.67. The highest BCUT2D eigenvalue weighted by molar-refractivity contribution is 7.08. The summed E-state index contributed by atoms with van der Waals surface area (Å²) in [5.41, 5.74) is 12.8. The molecule has 2 amide bonds. The molecule has 0 bridgehead atoms. The number of nitrogens with one attached hydrogen (secondary N) is 1. The first-order valence-corrected chi connectivity index (χ1v) is 6.95. The zero-order chi connectivity index (χ0) is 14.7. The van der Waals surface area contributed by atoms with Crippen molar-refractivity contribution in [1.29, 1.82) is 0 Å². The van der Waals surface area contributed by atoms with Crippen LogP contribution in [0.1, 0.15) is 39.2 Å². The van der Waals surface area contributed by atoms with Crippen molar-refractivity contribution in [2.45, 2.75) is 13.0 Å². The van der Waals surface area contributed by atoms with Crippen molar-refractivity contribution in [2.75, 3.05) is 5.32 Å². The van der Waals surface area contributed by atoms with Gasteiger partial charge in [0, 0.05) is 22.9 Å². The molecule has 0 saturated carbocycles. The van der Waals surface area contributed by atoms with Crippen LogP contribution >= 0.6 is 11.3 Å². The molecule has 0 fully saturated rings. The summed E-state index contributed by atoms with van der Waals surface area (Å²) in [5.74, 6) is -1.20. The first-order valence-electron chi connectivity index (χ1n) is 6.00. The maximum absolute atomic E-state index is 11.3. The van der Waals surface area contributed by atoms with E-state index in [-0.39, 0.29) is 17.2 Å². The largest absolute Gasteiger partial charge is 0.378 e. The van der Waals surface area contributed by atoms with Crippen LogP contribution in [0.15, 0.2) is 35.0 Å². The van der Waals surface area contributed by atoms with E-state index in [1.807, 2.05) is 23.8 Å². The van der Waals surface area contributed by atoms with Crippen molar-refractivity contribution in [1.82, 2.24) is 0 Å². The lowest BCUT2D eigenvalue weighted by Gasteiger charge is -2.15. The van der Waals surface area contributed by atoms with Crippen LogP contribution in [0.3, 0.4) is 0 Å². The predicted octanol–water partition coefficient (Wildman–Crippen LogP) is 2.12. The summed E-state index contributed by atoms with van der Waals surface area (Å²) in [7, 11) is 0. The Labute approximate surface area is 120 Å². The number of carbonyl (C=O) groups excluding carboxylic acids is 2. The molecule has 20 heavy (non-hydrogen) atoms. The van der Waals surface area contributed by atoms with Gasteiger partial charge in [-0.15, -0.1) is 0 Å².